The number of rotatable bonds is 8. The molecule has 3 N–H and O–H groups in total. The van der Waals surface area contributed by atoms with Gasteiger partial charge in [0.25, 0.3) is 5.91 Å². The summed E-state index contributed by atoms with van der Waals surface area (Å²) >= 11 is 0. The molecule has 2 saturated carbocycles. The summed E-state index contributed by atoms with van der Waals surface area (Å²) in [5, 5.41) is 5.62. The number of benzene rings is 2. The summed E-state index contributed by atoms with van der Waals surface area (Å²) in [6.07, 6.45) is 3.79. The maximum absolute atomic E-state index is 14.4. The van der Waals surface area contributed by atoms with E-state index < -0.39 is 74.3 Å². The number of pyridine rings is 1. The number of carbonyl (C=O) groups excluding carboxylic acids is 4. The number of aromatic nitrogens is 1. The Morgan fingerprint density at radius 1 is 1.04 bits per heavy atom. The normalized spacial score (nSPS) is 26.3. The largest absolute Gasteiger partial charge is 0.497 e. The number of nitrogens with zero attached hydrogens (tertiary/aromatic N) is 2. The molecule has 14 nitrogen and oxygen atoms in total. The van der Waals surface area contributed by atoms with Crippen molar-refractivity contribution in [3.8, 4) is 22.8 Å². The fourth-order valence-electron chi connectivity index (χ4n) is 7.11. The van der Waals surface area contributed by atoms with Crippen molar-refractivity contribution in [1.82, 2.24) is 25.2 Å². The number of nitrogens with one attached hydrogen (secondary N) is 3. The highest BCUT2D eigenvalue weighted by Crippen LogP contribution is 2.46. The molecule has 3 heterocycles. The summed E-state index contributed by atoms with van der Waals surface area (Å²) in [5.74, 6) is -1.32. The highest BCUT2D eigenvalue weighted by molar-refractivity contribution is 7.91. The van der Waals surface area contributed by atoms with E-state index in [9.17, 15) is 27.6 Å². The minimum Gasteiger partial charge on any atom is -0.497 e. The SMILES string of the molecule is COc1ccc2c(O[C@@H]3C[C@H]4C(=O)N[C@]5(C(=O)NS(=O)(=O)C6CC6)C[C@H]5/C=C\CC[C@H](NC(=O)OC(C)(C)C)C(=O)N4C3)cc(-c3ccccc3)nc2c1. The van der Waals surface area contributed by atoms with Gasteiger partial charge in [-0.2, -0.15) is 0 Å². The van der Waals surface area contributed by atoms with E-state index in [0.29, 0.717) is 47.4 Å². The molecule has 2 aliphatic carbocycles. The molecule has 2 aliphatic heterocycles. The van der Waals surface area contributed by atoms with Crippen LogP contribution in [0.4, 0.5) is 4.79 Å². The lowest BCUT2D eigenvalue weighted by atomic mass is 10.1. The third-order valence-corrected chi connectivity index (χ3v) is 12.0. The van der Waals surface area contributed by atoms with Gasteiger partial charge in [-0.25, -0.2) is 18.2 Å². The summed E-state index contributed by atoms with van der Waals surface area (Å²) in [7, 11) is -2.32. The molecule has 0 bridgehead atoms. The number of amides is 4. The van der Waals surface area contributed by atoms with Crippen LogP contribution >= 0.6 is 0 Å². The summed E-state index contributed by atoms with van der Waals surface area (Å²) in [5.41, 5.74) is -0.192. The van der Waals surface area contributed by atoms with Crippen LogP contribution in [0.2, 0.25) is 0 Å². The van der Waals surface area contributed by atoms with Gasteiger partial charge < -0.3 is 29.7 Å². The third-order valence-electron chi connectivity index (χ3n) is 10.1. The van der Waals surface area contributed by atoms with Crippen molar-refractivity contribution < 1.29 is 41.8 Å². The van der Waals surface area contributed by atoms with Crippen molar-refractivity contribution in [2.75, 3.05) is 13.7 Å². The van der Waals surface area contributed by atoms with Crippen LogP contribution in [0.3, 0.4) is 0 Å². The average Bonchev–Trinajstić information content (AvgIpc) is 4.05. The van der Waals surface area contributed by atoms with Gasteiger partial charge in [0.15, 0.2) is 0 Å². The molecule has 15 heteroatoms. The summed E-state index contributed by atoms with van der Waals surface area (Å²) in [4.78, 5) is 61.5. The van der Waals surface area contributed by atoms with Crippen LogP contribution < -0.4 is 24.8 Å². The Bertz CT molecular complexity index is 2120. The van der Waals surface area contributed by atoms with Crippen LogP contribution in [0.15, 0.2) is 66.7 Å². The molecule has 54 heavy (non-hydrogen) atoms. The molecule has 1 aromatic heterocycles. The zero-order valence-electron chi connectivity index (χ0n) is 30.7. The van der Waals surface area contributed by atoms with Gasteiger partial charge in [0.05, 0.1) is 30.1 Å². The number of fused-ring (bicyclic) bond motifs is 3. The molecule has 0 radical (unpaired) electrons. The second kappa shape index (κ2) is 14.2. The minimum atomic E-state index is -3.89. The van der Waals surface area contributed by atoms with Gasteiger partial charge in [0, 0.05) is 35.4 Å². The average molecular weight is 760 g/mol. The van der Waals surface area contributed by atoms with Gasteiger partial charge in [-0.15, -0.1) is 0 Å². The number of alkyl carbamates (subject to hydrolysis) is 1. The van der Waals surface area contributed by atoms with Crippen molar-refractivity contribution in [1.29, 1.82) is 0 Å². The van der Waals surface area contributed by atoms with Crippen LogP contribution in [-0.4, -0.2) is 90.3 Å². The van der Waals surface area contributed by atoms with Gasteiger partial charge >= 0.3 is 6.09 Å². The second-order valence-corrected chi connectivity index (χ2v) is 17.3. The van der Waals surface area contributed by atoms with Crippen molar-refractivity contribution in [3.63, 3.8) is 0 Å². The Labute approximate surface area is 314 Å². The summed E-state index contributed by atoms with van der Waals surface area (Å²) < 4.78 is 45.3. The minimum absolute atomic E-state index is 0.0153. The van der Waals surface area contributed by atoms with E-state index >= 15 is 0 Å². The van der Waals surface area contributed by atoms with Crippen LogP contribution in [0.1, 0.15) is 59.3 Å². The highest BCUT2D eigenvalue weighted by Gasteiger charge is 2.62. The predicted molar refractivity (Wildman–Crippen MR) is 199 cm³/mol. The van der Waals surface area contributed by atoms with Gasteiger partial charge in [-0.05, 0) is 65.0 Å². The topological polar surface area (TPSA) is 182 Å². The molecule has 0 spiro atoms. The van der Waals surface area contributed by atoms with E-state index in [0.717, 1.165) is 5.56 Å². The first-order valence-electron chi connectivity index (χ1n) is 18.2. The van der Waals surface area contributed by atoms with Crippen molar-refractivity contribution >= 4 is 44.7 Å². The number of sulfonamides is 1. The number of hydrogen-bond donors (Lipinski definition) is 3. The van der Waals surface area contributed by atoms with Gasteiger partial charge in [-0.1, -0.05) is 42.5 Å². The van der Waals surface area contributed by atoms with Gasteiger partial charge in [-0.3, -0.25) is 19.1 Å². The third kappa shape index (κ3) is 7.86. The lowest BCUT2D eigenvalue weighted by molar-refractivity contribution is -0.141. The molecule has 286 valence electrons. The van der Waals surface area contributed by atoms with E-state index in [1.165, 1.54) is 4.90 Å². The molecule has 4 amide bonds. The number of hydrogen-bond acceptors (Lipinski definition) is 10. The predicted octanol–water partition coefficient (Wildman–Crippen LogP) is 3.99. The Hall–Kier alpha value is -5.18. The lowest BCUT2D eigenvalue weighted by Gasteiger charge is -2.30. The van der Waals surface area contributed by atoms with Crippen LogP contribution in [0.5, 0.6) is 11.5 Å². The molecule has 1 saturated heterocycles. The monoisotopic (exact) mass is 759 g/mol. The van der Waals surface area contributed by atoms with Gasteiger partial charge in [0.1, 0.15) is 40.8 Å². The standard InChI is InChI=1S/C39H45N5O9S/c1-38(2,3)53-37(48)41-29-13-9-8-12-24-21-39(24,36(47)43-54(49,50)27-15-16-27)42-34(45)32-19-26(22-44(32)35(29)46)52-33-20-30(23-10-6-5-7-11-23)40-31-18-25(51-4)14-17-28(31)33/h5-8,10-12,14,17-18,20,24,26-27,29,32H,9,13,15-16,19,21-22H2,1-4H3,(H,41,48)(H,42,45)(H,43,47)/b12-8-/t24-,26-,29+,32+,39-/m1/s1. The van der Waals surface area contributed by atoms with E-state index in [1.54, 1.807) is 52.2 Å². The molecule has 4 aliphatic rings. The Morgan fingerprint density at radius 3 is 2.50 bits per heavy atom. The Kier molecular flexibility index (Phi) is 9.79. The Morgan fingerprint density at radius 2 is 1.80 bits per heavy atom. The molecule has 5 atom stereocenters. The zero-order chi connectivity index (χ0) is 38.4. The highest BCUT2D eigenvalue weighted by atomic mass is 32.2. The maximum Gasteiger partial charge on any atom is 0.408 e. The zero-order valence-corrected chi connectivity index (χ0v) is 31.5. The second-order valence-electron chi connectivity index (χ2n) is 15.4. The lowest BCUT2D eigenvalue weighted by Crippen LogP contribution is -2.58. The molecule has 3 aromatic rings. The van der Waals surface area contributed by atoms with Crippen molar-refractivity contribution in [2.45, 2.75) is 93.9 Å². The fourth-order valence-corrected chi connectivity index (χ4v) is 8.47. The molecule has 7 rings (SSSR count). The van der Waals surface area contributed by atoms with E-state index in [2.05, 4.69) is 15.4 Å². The summed E-state index contributed by atoms with van der Waals surface area (Å²) in [6, 6.07) is 14.7. The van der Waals surface area contributed by atoms with Crippen LogP contribution in [-0.2, 0) is 29.1 Å². The number of carbonyl (C=O) groups is 4. The van der Waals surface area contributed by atoms with E-state index in [-0.39, 0.29) is 25.8 Å². The van der Waals surface area contributed by atoms with Gasteiger partial charge in [0.2, 0.25) is 21.8 Å². The molecule has 2 aromatic carbocycles. The smallest absolute Gasteiger partial charge is 0.408 e. The molecular weight excluding hydrogens is 715 g/mol. The van der Waals surface area contributed by atoms with Crippen molar-refractivity contribution in [3.05, 3.63) is 66.7 Å². The number of methoxy groups -OCH3 is 1. The maximum atomic E-state index is 14.4. The Balaban J connectivity index is 1.22. The fraction of sp³-hybridized carbons (Fsp3) is 0.462. The molecule has 0 unspecified atom stereocenters. The molecular formula is C39H45N5O9S. The first-order valence-corrected chi connectivity index (χ1v) is 19.8. The first kappa shape index (κ1) is 37.1. The number of ether oxygens (including phenoxy) is 3. The number of allylic oxidation sites excluding steroid dienone is 1. The molecule has 3 fully saturated rings. The summed E-state index contributed by atoms with van der Waals surface area (Å²) in [6.45, 7) is 5.14. The first-order chi connectivity index (χ1) is 25.7. The van der Waals surface area contributed by atoms with E-state index in [4.69, 9.17) is 19.2 Å². The van der Waals surface area contributed by atoms with E-state index in [1.807, 2.05) is 42.5 Å². The quantitative estimate of drug-likeness (QED) is 0.284. The van der Waals surface area contributed by atoms with Crippen LogP contribution in [0.25, 0.3) is 22.2 Å². The van der Waals surface area contributed by atoms with Crippen molar-refractivity contribution in [2.24, 2.45) is 5.92 Å². The van der Waals surface area contributed by atoms with Crippen LogP contribution in [0, 0.1) is 5.92 Å².